The quantitative estimate of drug-likeness (QED) is 0.816. The first-order valence-electron chi connectivity index (χ1n) is 6.66. The van der Waals surface area contributed by atoms with Crippen LogP contribution in [0.25, 0.3) is 11.1 Å². The molecule has 1 aromatic carbocycles. The Morgan fingerprint density at radius 1 is 1.33 bits per heavy atom. The largest absolute Gasteiger partial charge is 0.441 e. The van der Waals surface area contributed by atoms with Gasteiger partial charge in [-0.1, -0.05) is 3.89 Å². The molecule has 1 fully saturated rings. The third kappa shape index (κ3) is 3.21. The maximum Gasteiger partial charge on any atom is 0.374 e. The van der Waals surface area contributed by atoms with Gasteiger partial charge in [0.15, 0.2) is 11.5 Å². The second-order valence-corrected chi connectivity index (χ2v) is 6.55. The van der Waals surface area contributed by atoms with Gasteiger partial charge >= 0.3 is 10.4 Å². The molecule has 0 atom stereocenters. The van der Waals surface area contributed by atoms with Gasteiger partial charge in [-0.25, -0.2) is 9.37 Å². The Hall–Kier alpha value is -1.54. The zero-order valence-corrected chi connectivity index (χ0v) is 11.9. The molecule has 2 aromatic rings. The number of benzene rings is 1. The standard InChI is InChI=1S/C13H14F2N2O3S/c14-10-1-2-11-12(8-10)20-13(16-11)7-9-3-5-17(6-4-9)21(15,18)19/h1-2,8-9H,3-7H2. The van der Waals surface area contributed by atoms with E-state index in [0.717, 1.165) is 4.31 Å². The van der Waals surface area contributed by atoms with Gasteiger partial charge in [0.1, 0.15) is 11.3 Å². The van der Waals surface area contributed by atoms with Gasteiger partial charge in [0.05, 0.1) is 0 Å². The van der Waals surface area contributed by atoms with Crippen molar-refractivity contribution in [1.82, 2.24) is 9.29 Å². The lowest BCUT2D eigenvalue weighted by Gasteiger charge is -2.27. The lowest BCUT2D eigenvalue weighted by Crippen LogP contribution is -2.36. The zero-order valence-electron chi connectivity index (χ0n) is 11.1. The van der Waals surface area contributed by atoms with Crippen LogP contribution in [0, 0.1) is 11.7 Å². The number of halogens is 2. The molecule has 0 spiro atoms. The van der Waals surface area contributed by atoms with Gasteiger partial charge in [-0.15, -0.1) is 0 Å². The monoisotopic (exact) mass is 316 g/mol. The molecule has 114 valence electrons. The first-order valence-corrected chi connectivity index (χ1v) is 8.00. The normalized spacial score (nSPS) is 18.4. The Kier molecular flexibility index (Phi) is 3.66. The van der Waals surface area contributed by atoms with E-state index in [1.807, 2.05) is 0 Å². The topological polar surface area (TPSA) is 63.4 Å². The molecule has 3 rings (SSSR count). The third-order valence-corrected chi connectivity index (χ3v) is 4.72. The SMILES string of the molecule is O=S(=O)(F)N1CCC(Cc2nc3ccc(F)cc3o2)CC1. The van der Waals surface area contributed by atoms with Crippen LogP contribution < -0.4 is 0 Å². The predicted molar refractivity (Wildman–Crippen MR) is 72.0 cm³/mol. The van der Waals surface area contributed by atoms with Gasteiger partial charge < -0.3 is 4.42 Å². The number of nitrogens with zero attached hydrogens (tertiary/aromatic N) is 2. The van der Waals surface area contributed by atoms with Crippen LogP contribution in [0.3, 0.4) is 0 Å². The third-order valence-electron chi connectivity index (χ3n) is 3.74. The average molecular weight is 316 g/mol. The molecule has 0 N–H and O–H groups in total. The Bertz CT molecular complexity index is 752. The van der Waals surface area contributed by atoms with Crippen molar-refractivity contribution < 1.29 is 21.1 Å². The van der Waals surface area contributed by atoms with Crippen molar-refractivity contribution in [3.05, 3.63) is 29.9 Å². The molecular weight excluding hydrogens is 302 g/mol. The number of piperidine rings is 1. The van der Waals surface area contributed by atoms with Gasteiger partial charge in [-0.2, -0.15) is 12.7 Å². The highest BCUT2D eigenvalue weighted by atomic mass is 32.3. The average Bonchev–Trinajstić information content (AvgIpc) is 2.79. The molecule has 0 aliphatic carbocycles. The highest BCUT2D eigenvalue weighted by Crippen LogP contribution is 2.25. The maximum absolute atomic E-state index is 13.1. The molecule has 0 unspecified atom stereocenters. The van der Waals surface area contributed by atoms with E-state index >= 15 is 0 Å². The fraction of sp³-hybridized carbons (Fsp3) is 0.462. The fourth-order valence-corrected chi connectivity index (χ4v) is 3.26. The van der Waals surface area contributed by atoms with E-state index in [2.05, 4.69) is 4.98 Å². The van der Waals surface area contributed by atoms with Crippen molar-refractivity contribution in [3.8, 4) is 0 Å². The summed E-state index contributed by atoms with van der Waals surface area (Å²) in [4.78, 5) is 4.28. The molecule has 0 saturated carbocycles. The number of oxazole rings is 1. The summed E-state index contributed by atoms with van der Waals surface area (Å²) in [6.45, 7) is 0.330. The lowest BCUT2D eigenvalue weighted by atomic mass is 9.95. The number of aromatic nitrogens is 1. The van der Waals surface area contributed by atoms with E-state index in [1.165, 1.54) is 12.1 Å². The highest BCUT2D eigenvalue weighted by molar-refractivity contribution is 7.83. The van der Waals surface area contributed by atoms with E-state index in [4.69, 9.17) is 4.42 Å². The second kappa shape index (κ2) is 5.34. The Labute approximate surface area is 120 Å². The van der Waals surface area contributed by atoms with Crippen molar-refractivity contribution in [1.29, 1.82) is 0 Å². The van der Waals surface area contributed by atoms with Gasteiger partial charge in [0.25, 0.3) is 0 Å². The lowest BCUT2D eigenvalue weighted by molar-refractivity contribution is 0.255. The minimum atomic E-state index is -4.59. The molecule has 2 heterocycles. The number of hydrogen-bond acceptors (Lipinski definition) is 4. The number of fused-ring (bicyclic) bond motifs is 1. The number of hydrogen-bond donors (Lipinski definition) is 0. The summed E-state index contributed by atoms with van der Waals surface area (Å²) in [5.74, 6) is 0.296. The molecule has 0 amide bonds. The molecular formula is C13H14F2N2O3S. The second-order valence-electron chi connectivity index (χ2n) is 5.21. The van der Waals surface area contributed by atoms with E-state index in [0.29, 0.717) is 36.3 Å². The zero-order chi connectivity index (χ0) is 15.0. The van der Waals surface area contributed by atoms with Crippen LogP contribution in [0.4, 0.5) is 8.28 Å². The summed E-state index contributed by atoms with van der Waals surface area (Å²) in [6.07, 6.45) is 1.64. The van der Waals surface area contributed by atoms with Crippen molar-refractivity contribution in [2.75, 3.05) is 13.1 Å². The Morgan fingerprint density at radius 3 is 2.71 bits per heavy atom. The molecule has 21 heavy (non-hydrogen) atoms. The van der Waals surface area contributed by atoms with Crippen LogP contribution in [0.15, 0.2) is 22.6 Å². The molecule has 0 radical (unpaired) electrons. The Balaban J connectivity index is 1.67. The summed E-state index contributed by atoms with van der Waals surface area (Å²) >= 11 is 0. The summed E-state index contributed by atoms with van der Waals surface area (Å²) in [6, 6.07) is 4.15. The highest BCUT2D eigenvalue weighted by Gasteiger charge is 2.28. The van der Waals surface area contributed by atoms with Gasteiger partial charge in [-0.05, 0) is 30.9 Å². The smallest absolute Gasteiger partial charge is 0.374 e. The van der Waals surface area contributed by atoms with Gasteiger partial charge in [0.2, 0.25) is 0 Å². The molecule has 1 saturated heterocycles. The van der Waals surface area contributed by atoms with Crippen molar-refractivity contribution in [2.45, 2.75) is 19.3 Å². The fourth-order valence-electron chi connectivity index (χ4n) is 2.61. The number of rotatable bonds is 3. The van der Waals surface area contributed by atoms with Crippen LogP contribution in [0.2, 0.25) is 0 Å². The minimum Gasteiger partial charge on any atom is -0.441 e. The van der Waals surface area contributed by atoms with Crippen LogP contribution in [-0.4, -0.2) is 30.8 Å². The first kappa shape index (κ1) is 14.4. The van der Waals surface area contributed by atoms with Crippen molar-refractivity contribution in [2.24, 2.45) is 5.92 Å². The van der Waals surface area contributed by atoms with Crippen LogP contribution in [0.1, 0.15) is 18.7 Å². The van der Waals surface area contributed by atoms with E-state index in [1.54, 1.807) is 6.07 Å². The maximum atomic E-state index is 13.1. The first-order chi connectivity index (χ1) is 9.91. The van der Waals surface area contributed by atoms with Gasteiger partial charge in [0, 0.05) is 25.6 Å². The molecule has 1 aliphatic heterocycles. The van der Waals surface area contributed by atoms with Crippen molar-refractivity contribution in [3.63, 3.8) is 0 Å². The summed E-state index contributed by atoms with van der Waals surface area (Å²) in [7, 11) is -4.59. The van der Waals surface area contributed by atoms with Crippen LogP contribution in [-0.2, 0) is 16.8 Å². The molecule has 0 bridgehead atoms. The van der Waals surface area contributed by atoms with E-state index in [9.17, 15) is 16.7 Å². The summed E-state index contributed by atoms with van der Waals surface area (Å²) in [5, 5.41) is 0. The summed E-state index contributed by atoms with van der Waals surface area (Å²) in [5.41, 5.74) is 0.990. The van der Waals surface area contributed by atoms with E-state index < -0.39 is 10.4 Å². The minimum absolute atomic E-state index is 0.165. The van der Waals surface area contributed by atoms with E-state index in [-0.39, 0.29) is 24.8 Å². The van der Waals surface area contributed by atoms with Crippen LogP contribution in [0.5, 0.6) is 0 Å². The predicted octanol–water partition coefficient (Wildman–Crippen LogP) is 2.44. The summed E-state index contributed by atoms with van der Waals surface area (Å²) < 4.78 is 53.8. The Morgan fingerprint density at radius 2 is 2.05 bits per heavy atom. The van der Waals surface area contributed by atoms with Crippen LogP contribution >= 0.6 is 0 Å². The van der Waals surface area contributed by atoms with Crippen molar-refractivity contribution >= 4 is 21.5 Å². The molecule has 1 aliphatic rings. The molecule has 5 nitrogen and oxygen atoms in total. The van der Waals surface area contributed by atoms with Gasteiger partial charge in [-0.3, -0.25) is 0 Å². The molecule has 8 heteroatoms. The molecule has 1 aromatic heterocycles.